The quantitative estimate of drug-likeness (QED) is 0.0548. The second-order valence-corrected chi connectivity index (χ2v) is 11.6. The van der Waals surface area contributed by atoms with Gasteiger partial charge in [-0.1, -0.05) is 30.3 Å². The Balaban J connectivity index is 1.84. The van der Waals surface area contributed by atoms with Gasteiger partial charge in [-0.05, 0) is 38.0 Å². The summed E-state index contributed by atoms with van der Waals surface area (Å²) in [6.07, 6.45) is -11.8. The first-order chi connectivity index (χ1) is 24.7. The molecule has 0 fully saturated rings. The van der Waals surface area contributed by atoms with E-state index in [2.05, 4.69) is 4.99 Å². The van der Waals surface area contributed by atoms with E-state index in [4.69, 9.17) is 14.2 Å². The number of halogens is 13. The van der Waals surface area contributed by atoms with Crippen LogP contribution in [-0.2, 0) is 19.1 Å². The van der Waals surface area contributed by atoms with Gasteiger partial charge in [0.1, 0.15) is 24.9 Å². The molecule has 298 valence electrons. The van der Waals surface area contributed by atoms with Crippen LogP contribution >= 0.6 is 0 Å². The fourth-order valence-corrected chi connectivity index (χ4v) is 5.20. The molecule has 2 aromatic carbocycles. The lowest BCUT2D eigenvalue weighted by Crippen LogP contribution is -2.70. The van der Waals surface area contributed by atoms with E-state index in [-0.39, 0.29) is 30.2 Å². The van der Waals surface area contributed by atoms with Crippen LogP contribution in [0.25, 0.3) is 0 Å². The highest BCUT2D eigenvalue weighted by molar-refractivity contribution is 6.07. The first-order valence-electron chi connectivity index (χ1n) is 15.2. The number of hydrogen-bond acceptors (Lipinski definition) is 8. The van der Waals surface area contributed by atoms with Gasteiger partial charge in [-0.25, -0.2) is 4.79 Å². The molecule has 0 N–H and O–H groups in total. The van der Waals surface area contributed by atoms with E-state index < -0.39 is 95.2 Å². The van der Waals surface area contributed by atoms with Gasteiger partial charge in [0.15, 0.2) is 0 Å². The summed E-state index contributed by atoms with van der Waals surface area (Å²) < 4.78 is 190. The number of nitro benzene ring substituents is 1. The molecule has 0 saturated carbocycles. The SMILES string of the molecule is CC1=NC(C)=C(C(=O)OCCCC(F)(F)C(F)(F)C(F)(F)C(F)(F)C(F)(F)C(F)(F)F)C(c2cccc([N+](=O)[O-])c2)C1C(=O)OCCOc1ccccc1. The number of ether oxygens (including phenoxy) is 3. The number of esters is 2. The second kappa shape index (κ2) is 15.8. The van der Waals surface area contributed by atoms with Crippen LogP contribution in [0.15, 0.2) is 70.9 Å². The van der Waals surface area contributed by atoms with E-state index in [9.17, 15) is 76.8 Å². The third-order valence-electron chi connectivity index (χ3n) is 7.95. The molecule has 0 aromatic heterocycles. The number of alkyl halides is 13. The van der Waals surface area contributed by atoms with E-state index in [1.54, 1.807) is 30.3 Å². The van der Waals surface area contributed by atoms with Gasteiger partial charge in [0, 0.05) is 35.9 Å². The number of non-ortho nitro benzene ring substituents is 1. The van der Waals surface area contributed by atoms with Crippen molar-refractivity contribution < 1.29 is 85.8 Å². The Morgan fingerprint density at radius 1 is 0.759 bits per heavy atom. The number of carbonyl (C=O) groups excluding carboxylic acids is 2. The monoisotopic (exact) mass is 798 g/mol. The summed E-state index contributed by atoms with van der Waals surface area (Å²) in [4.78, 5) is 41.5. The van der Waals surface area contributed by atoms with Crippen molar-refractivity contribution in [3.63, 3.8) is 0 Å². The predicted molar refractivity (Wildman–Crippen MR) is 159 cm³/mol. The fourth-order valence-electron chi connectivity index (χ4n) is 5.20. The van der Waals surface area contributed by atoms with Crippen molar-refractivity contribution in [3.8, 4) is 5.75 Å². The molecule has 1 aliphatic rings. The molecule has 1 aliphatic heterocycles. The van der Waals surface area contributed by atoms with Crippen molar-refractivity contribution in [2.24, 2.45) is 10.9 Å². The van der Waals surface area contributed by atoms with Crippen LogP contribution in [0.1, 0.15) is 38.2 Å². The molecule has 0 saturated heterocycles. The summed E-state index contributed by atoms with van der Waals surface area (Å²) in [7, 11) is 0. The number of aliphatic imine (C=N–C) groups is 1. The minimum atomic E-state index is -8.06. The van der Waals surface area contributed by atoms with Crippen molar-refractivity contribution in [3.05, 3.63) is 81.5 Å². The van der Waals surface area contributed by atoms with E-state index in [0.29, 0.717) is 5.75 Å². The summed E-state index contributed by atoms with van der Waals surface area (Å²) in [5.74, 6) is -43.0. The number of benzene rings is 2. The topological polar surface area (TPSA) is 117 Å². The lowest BCUT2D eigenvalue weighted by Gasteiger charge is -2.39. The highest BCUT2D eigenvalue weighted by Gasteiger charge is 2.90. The molecule has 0 bridgehead atoms. The Morgan fingerprint density at radius 2 is 1.35 bits per heavy atom. The molecule has 54 heavy (non-hydrogen) atoms. The van der Waals surface area contributed by atoms with Crippen LogP contribution < -0.4 is 4.74 Å². The zero-order valence-electron chi connectivity index (χ0n) is 27.6. The lowest BCUT2D eigenvalue weighted by molar-refractivity contribution is -0.440. The molecule has 0 amide bonds. The standard InChI is InChI=1S/C32H27F13N2O7/c1-17-22(25(48)53-13-7-12-27(33,34)28(35,36)29(37,38)30(39,40)31(41,42)32(43,44)45)24(19-8-6-9-20(16-19)47(50)51)23(18(2)46-17)26(49)54-15-14-52-21-10-4-3-5-11-21/h3-6,8-11,16,23-24H,7,12-15H2,1-2H3. The maximum atomic E-state index is 14.3. The maximum absolute atomic E-state index is 14.3. The molecular weight excluding hydrogens is 771 g/mol. The Labute approximate surface area is 295 Å². The fraction of sp³-hybridized carbons (Fsp3) is 0.469. The molecular formula is C32H27F13N2O7. The third kappa shape index (κ3) is 8.40. The van der Waals surface area contributed by atoms with Crippen molar-refractivity contribution in [2.75, 3.05) is 19.8 Å². The van der Waals surface area contributed by atoms with Crippen LogP contribution in [0.3, 0.4) is 0 Å². The number of allylic oxidation sites excluding steroid dienone is 1. The van der Waals surface area contributed by atoms with E-state index >= 15 is 0 Å². The lowest BCUT2D eigenvalue weighted by atomic mass is 9.75. The minimum absolute atomic E-state index is 0.00485. The number of carbonyl (C=O) groups is 2. The van der Waals surface area contributed by atoms with Gasteiger partial charge in [-0.15, -0.1) is 0 Å². The van der Waals surface area contributed by atoms with E-state index in [1.807, 2.05) is 0 Å². The van der Waals surface area contributed by atoms with E-state index in [1.165, 1.54) is 26.0 Å². The Bertz CT molecular complexity index is 1760. The average molecular weight is 799 g/mol. The number of nitro groups is 1. The molecule has 2 aromatic rings. The molecule has 0 aliphatic carbocycles. The first kappa shape index (κ1) is 43.5. The normalized spacial score (nSPS) is 17.5. The first-order valence-corrected chi connectivity index (χ1v) is 15.2. The van der Waals surface area contributed by atoms with Crippen molar-refractivity contribution in [1.82, 2.24) is 0 Å². The van der Waals surface area contributed by atoms with Gasteiger partial charge in [0.2, 0.25) is 0 Å². The van der Waals surface area contributed by atoms with Gasteiger partial charge in [-0.2, -0.15) is 57.1 Å². The maximum Gasteiger partial charge on any atom is 0.460 e. The highest BCUT2D eigenvalue weighted by Crippen LogP contribution is 2.60. The predicted octanol–water partition coefficient (Wildman–Crippen LogP) is 8.73. The Morgan fingerprint density at radius 3 is 1.93 bits per heavy atom. The van der Waals surface area contributed by atoms with Crippen molar-refractivity contribution in [2.45, 2.75) is 68.4 Å². The zero-order chi connectivity index (χ0) is 41.1. The summed E-state index contributed by atoms with van der Waals surface area (Å²) in [5, 5.41) is 11.5. The minimum Gasteiger partial charge on any atom is -0.490 e. The summed E-state index contributed by atoms with van der Waals surface area (Å²) >= 11 is 0. The molecule has 2 unspecified atom stereocenters. The molecule has 1 heterocycles. The molecule has 9 nitrogen and oxygen atoms in total. The van der Waals surface area contributed by atoms with Crippen LogP contribution in [0.4, 0.5) is 62.8 Å². The second-order valence-electron chi connectivity index (χ2n) is 11.6. The summed E-state index contributed by atoms with van der Waals surface area (Å²) in [5.41, 5.74) is -1.38. The molecule has 3 rings (SSSR count). The number of rotatable bonds is 16. The van der Waals surface area contributed by atoms with E-state index in [0.717, 1.165) is 12.1 Å². The van der Waals surface area contributed by atoms with Crippen LogP contribution in [0.5, 0.6) is 5.75 Å². The van der Waals surface area contributed by atoms with Gasteiger partial charge in [-0.3, -0.25) is 19.9 Å². The summed E-state index contributed by atoms with van der Waals surface area (Å²) in [6, 6.07) is 12.7. The molecule has 2 atom stereocenters. The molecule has 0 radical (unpaired) electrons. The highest BCUT2D eigenvalue weighted by atomic mass is 19.4. The molecule has 22 heteroatoms. The smallest absolute Gasteiger partial charge is 0.460 e. The number of hydrogen-bond donors (Lipinski definition) is 0. The Hall–Kier alpha value is -4.92. The van der Waals surface area contributed by atoms with Gasteiger partial charge in [0.05, 0.1) is 17.1 Å². The van der Waals surface area contributed by atoms with Crippen molar-refractivity contribution in [1.29, 1.82) is 0 Å². The zero-order valence-corrected chi connectivity index (χ0v) is 27.6. The largest absolute Gasteiger partial charge is 0.490 e. The average Bonchev–Trinajstić information content (AvgIpc) is 3.07. The van der Waals surface area contributed by atoms with Gasteiger partial charge < -0.3 is 14.2 Å². The van der Waals surface area contributed by atoms with Crippen LogP contribution in [0.2, 0.25) is 0 Å². The van der Waals surface area contributed by atoms with Crippen molar-refractivity contribution >= 4 is 23.3 Å². The van der Waals surface area contributed by atoms with Gasteiger partial charge in [0.25, 0.3) is 5.69 Å². The van der Waals surface area contributed by atoms with Crippen LogP contribution in [-0.4, -0.2) is 78.2 Å². The third-order valence-corrected chi connectivity index (χ3v) is 7.95. The van der Waals surface area contributed by atoms with Crippen LogP contribution in [0, 0.1) is 16.0 Å². The number of para-hydroxylation sites is 1. The van der Waals surface area contributed by atoms with Gasteiger partial charge >= 0.3 is 47.7 Å². The summed E-state index contributed by atoms with van der Waals surface area (Å²) in [6.45, 7) is 0.585. The Kier molecular flexibility index (Phi) is 12.7. The number of nitrogens with zero attached hydrogens (tertiary/aromatic N) is 2. The molecule has 0 spiro atoms.